The lowest BCUT2D eigenvalue weighted by Crippen LogP contribution is -2.36. The van der Waals surface area contributed by atoms with Gasteiger partial charge in [0.2, 0.25) is 0 Å². The van der Waals surface area contributed by atoms with Crippen LogP contribution < -0.4 is 15.1 Å². The van der Waals surface area contributed by atoms with Crippen LogP contribution in [0.1, 0.15) is 28.8 Å². The Morgan fingerprint density at radius 2 is 2.21 bits per heavy atom. The molecule has 2 aliphatic rings. The molecule has 1 saturated heterocycles. The van der Waals surface area contributed by atoms with Gasteiger partial charge in [0.15, 0.2) is 11.3 Å². The lowest BCUT2D eigenvalue weighted by atomic mass is 10.0. The molecule has 4 rings (SSSR count). The summed E-state index contributed by atoms with van der Waals surface area (Å²) in [5.74, 6) is 2.07. The minimum atomic E-state index is 0.252. The fraction of sp³-hybridized carbons (Fsp3) is 0.500. The van der Waals surface area contributed by atoms with Crippen LogP contribution in [0.2, 0.25) is 0 Å². The Morgan fingerprint density at radius 1 is 1.36 bits per heavy atom. The molecule has 1 fully saturated rings. The molecule has 0 radical (unpaired) electrons. The molecule has 8 heteroatoms. The van der Waals surface area contributed by atoms with Crippen LogP contribution in [0.4, 0.5) is 5.82 Å². The zero-order valence-corrected chi connectivity index (χ0v) is 16.4. The molecule has 1 atom stereocenters. The van der Waals surface area contributed by atoms with E-state index >= 15 is 0 Å². The van der Waals surface area contributed by atoms with E-state index in [1.165, 1.54) is 4.68 Å². The van der Waals surface area contributed by atoms with Crippen LogP contribution in [0.5, 0.6) is 5.75 Å². The lowest BCUT2D eigenvalue weighted by Gasteiger charge is -2.31. The van der Waals surface area contributed by atoms with Crippen molar-refractivity contribution in [2.45, 2.75) is 33.2 Å². The van der Waals surface area contributed by atoms with Gasteiger partial charge in [-0.05, 0) is 37.5 Å². The fourth-order valence-electron chi connectivity index (χ4n) is 3.73. The number of nitrogens with one attached hydrogen (secondary N) is 2. The van der Waals surface area contributed by atoms with E-state index in [9.17, 15) is 0 Å². The van der Waals surface area contributed by atoms with Gasteiger partial charge in [0.1, 0.15) is 12.1 Å². The van der Waals surface area contributed by atoms with Gasteiger partial charge >= 0.3 is 0 Å². The first-order valence-corrected chi connectivity index (χ1v) is 9.65. The van der Waals surface area contributed by atoms with Crippen LogP contribution in [0.25, 0.3) is 0 Å². The number of anilines is 1. The Morgan fingerprint density at radius 3 is 2.96 bits per heavy atom. The maximum atomic E-state index is 8.10. The molecule has 0 amide bonds. The van der Waals surface area contributed by atoms with Crippen molar-refractivity contribution in [3.8, 4) is 5.75 Å². The maximum absolute atomic E-state index is 8.10. The van der Waals surface area contributed by atoms with Gasteiger partial charge < -0.3 is 14.4 Å². The van der Waals surface area contributed by atoms with Gasteiger partial charge in [-0.2, -0.15) is 0 Å². The van der Waals surface area contributed by atoms with E-state index in [0.717, 1.165) is 72.9 Å². The van der Waals surface area contributed by atoms with Crippen LogP contribution in [-0.4, -0.2) is 47.5 Å². The van der Waals surface area contributed by atoms with Crippen molar-refractivity contribution in [1.29, 1.82) is 10.8 Å². The number of hydrogen-bond donors (Lipinski definition) is 2. The zero-order valence-electron chi connectivity index (χ0n) is 16.4. The van der Waals surface area contributed by atoms with E-state index < -0.39 is 0 Å². The SMILES string of the molecule is Cc1c(N2CCc3ncc(OCC4CCOC4)cc3C2)nn(C=N)c(=N)c1C. The van der Waals surface area contributed by atoms with Gasteiger partial charge in [-0.3, -0.25) is 15.8 Å². The Bertz CT molecular complexity index is 948. The van der Waals surface area contributed by atoms with Crippen LogP contribution in [0.15, 0.2) is 12.3 Å². The molecule has 0 aliphatic carbocycles. The Kier molecular flexibility index (Phi) is 5.13. The summed E-state index contributed by atoms with van der Waals surface area (Å²) in [4.78, 5) is 6.80. The normalized spacial score (nSPS) is 18.8. The van der Waals surface area contributed by atoms with Crippen LogP contribution in [0.3, 0.4) is 0 Å². The second-order valence-corrected chi connectivity index (χ2v) is 7.48. The molecule has 2 aromatic rings. The molecule has 148 valence electrons. The second kappa shape index (κ2) is 7.71. The predicted molar refractivity (Wildman–Crippen MR) is 105 cm³/mol. The van der Waals surface area contributed by atoms with E-state index in [2.05, 4.69) is 21.0 Å². The number of ether oxygens (including phenoxy) is 2. The molecule has 0 spiro atoms. The zero-order chi connectivity index (χ0) is 19.7. The van der Waals surface area contributed by atoms with Crippen molar-refractivity contribution in [1.82, 2.24) is 14.8 Å². The maximum Gasteiger partial charge on any atom is 0.153 e. The smallest absolute Gasteiger partial charge is 0.153 e. The topological polar surface area (TPSA) is 100 Å². The second-order valence-electron chi connectivity index (χ2n) is 7.48. The summed E-state index contributed by atoms with van der Waals surface area (Å²) in [5, 5.41) is 20.1. The summed E-state index contributed by atoms with van der Waals surface area (Å²) < 4.78 is 12.7. The minimum Gasteiger partial charge on any atom is -0.492 e. The highest BCUT2D eigenvalue weighted by atomic mass is 16.5. The van der Waals surface area contributed by atoms with Gasteiger partial charge in [0.25, 0.3) is 0 Å². The Balaban J connectivity index is 1.55. The third-order valence-electron chi connectivity index (χ3n) is 5.63. The number of hydrogen-bond acceptors (Lipinski definition) is 7. The molecule has 28 heavy (non-hydrogen) atoms. The molecule has 0 aromatic carbocycles. The standard InChI is InChI=1S/C20H26N6O2/c1-13-14(2)20(24-26(12-21)19(13)22)25-5-3-18-16(9-25)7-17(8-23-18)28-11-15-4-6-27-10-15/h7-8,12,15,21-22H,3-6,9-11H2,1-2H3. The molecule has 8 nitrogen and oxygen atoms in total. The number of fused-ring (bicyclic) bond motifs is 1. The van der Waals surface area contributed by atoms with Crippen LogP contribution >= 0.6 is 0 Å². The van der Waals surface area contributed by atoms with Crippen molar-refractivity contribution < 1.29 is 9.47 Å². The molecule has 2 N–H and O–H groups in total. The predicted octanol–water partition coefficient (Wildman–Crippen LogP) is 1.81. The molecule has 2 aromatic heterocycles. The first-order chi connectivity index (χ1) is 13.6. The third-order valence-corrected chi connectivity index (χ3v) is 5.63. The lowest BCUT2D eigenvalue weighted by molar-refractivity contribution is 0.167. The van der Waals surface area contributed by atoms with E-state index in [4.69, 9.17) is 20.3 Å². The fourth-order valence-corrected chi connectivity index (χ4v) is 3.73. The largest absolute Gasteiger partial charge is 0.492 e. The van der Waals surface area contributed by atoms with Crippen molar-refractivity contribution in [2.75, 3.05) is 31.3 Å². The van der Waals surface area contributed by atoms with E-state index in [-0.39, 0.29) is 5.49 Å². The van der Waals surface area contributed by atoms with Crippen molar-refractivity contribution in [3.05, 3.63) is 40.1 Å². The third kappa shape index (κ3) is 3.52. The van der Waals surface area contributed by atoms with Gasteiger partial charge in [-0.15, -0.1) is 5.10 Å². The average molecular weight is 382 g/mol. The number of pyridine rings is 1. The minimum absolute atomic E-state index is 0.252. The molecular weight excluding hydrogens is 356 g/mol. The van der Waals surface area contributed by atoms with E-state index in [0.29, 0.717) is 19.1 Å². The Labute approximate surface area is 164 Å². The molecule has 1 unspecified atom stereocenters. The first-order valence-electron chi connectivity index (χ1n) is 9.65. The van der Waals surface area contributed by atoms with Crippen molar-refractivity contribution >= 4 is 12.2 Å². The van der Waals surface area contributed by atoms with Crippen LogP contribution in [-0.2, 0) is 17.7 Å². The molecular formula is C20H26N6O2. The summed E-state index contributed by atoms with van der Waals surface area (Å²) in [6, 6.07) is 2.08. The summed E-state index contributed by atoms with van der Waals surface area (Å²) in [5.41, 5.74) is 4.31. The summed E-state index contributed by atoms with van der Waals surface area (Å²) in [7, 11) is 0. The summed E-state index contributed by atoms with van der Waals surface area (Å²) in [6.45, 7) is 7.65. The molecule has 0 saturated carbocycles. The highest BCUT2D eigenvalue weighted by Gasteiger charge is 2.23. The van der Waals surface area contributed by atoms with Gasteiger partial charge in [-0.25, -0.2) is 4.68 Å². The number of nitrogens with zero attached hydrogens (tertiary/aromatic N) is 4. The molecule has 2 aliphatic heterocycles. The molecule has 4 heterocycles. The Hall–Kier alpha value is -2.74. The summed E-state index contributed by atoms with van der Waals surface area (Å²) >= 11 is 0. The van der Waals surface area contributed by atoms with Crippen molar-refractivity contribution in [2.24, 2.45) is 5.92 Å². The first kappa shape index (κ1) is 18.6. The van der Waals surface area contributed by atoms with E-state index in [1.54, 1.807) is 0 Å². The van der Waals surface area contributed by atoms with Crippen LogP contribution in [0, 0.1) is 30.6 Å². The average Bonchev–Trinajstić information content (AvgIpc) is 3.24. The van der Waals surface area contributed by atoms with Gasteiger partial charge in [0, 0.05) is 43.3 Å². The summed E-state index contributed by atoms with van der Waals surface area (Å²) in [6.07, 6.45) is 4.78. The van der Waals surface area contributed by atoms with Crippen molar-refractivity contribution in [3.63, 3.8) is 0 Å². The highest BCUT2D eigenvalue weighted by molar-refractivity contribution is 5.57. The number of rotatable bonds is 5. The highest BCUT2D eigenvalue weighted by Crippen LogP contribution is 2.27. The van der Waals surface area contributed by atoms with Gasteiger partial charge in [-0.1, -0.05) is 0 Å². The van der Waals surface area contributed by atoms with E-state index in [1.807, 2.05) is 20.0 Å². The number of aromatic nitrogens is 3. The molecule has 0 bridgehead atoms. The monoisotopic (exact) mass is 382 g/mol. The quantitative estimate of drug-likeness (QED) is 0.607. The van der Waals surface area contributed by atoms with Gasteiger partial charge in [0.05, 0.1) is 19.4 Å².